The monoisotopic (exact) mass is 510 g/mol. The molecule has 0 bridgehead atoms. The molecule has 1 aliphatic heterocycles. The number of carbonyl (C=O) groups excluding carboxylic acids is 2. The van der Waals surface area contributed by atoms with Gasteiger partial charge >= 0.3 is 5.97 Å². The van der Waals surface area contributed by atoms with Gasteiger partial charge in [0.15, 0.2) is 0 Å². The number of amides is 1. The summed E-state index contributed by atoms with van der Waals surface area (Å²) in [4.78, 5) is 26.9. The summed E-state index contributed by atoms with van der Waals surface area (Å²) in [6, 6.07) is 20.5. The van der Waals surface area contributed by atoms with Crippen molar-refractivity contribution in [2.24, 2.45) is 0 Å². The number of ether oxygens (including phenoxy) is 3. The SMILES string of the molecule is COC(=O)[C@H]1CN(C(=O)c2ccc(OC)c(S(=O)(=O)NCCc3ccccc3)c2)c2ccccc2O1. The minimum atomic E-state index is -3.99. The van der Waals surface area contributed by atoms with E-state index in [0.717, 1.165) is 5.56 Å². The lowest BCUT2D eigenvalue weighted by atomic mass is 10.1. The predicted octanol–water partition coefficient (Wildman–Crippen LogP) is 2.80. The van der Waals surface area contributed by atoms with Crippen LogP contribution in [-0.2, 0) is 26.0 Å². The molecule has 1 N–H and O–H groups in total. The second-order valence-corrected chi connectivity index (χ2v) is 9.75. The molecule has 1 atom stereocenters. The number of nitrogens with one attached hydrogen (secondary N) is 1. The van der Waals surface area contributed by atoms with E-state index in [1.54, 1.807) is 24.3 Å². The van der Waals surface area contributed by atoms with E-state index in [-0.39, 0.29) is 29.3 Å². The zero-order chi connectivity index (χ0) is 25.7. The lowest BCUT2D eigenvalue weighted by Gasteiger charge is -2.33. The van der Waals surface area contributed by atoms with Crippen molar-refractivity contribution < 1.29 is 32.2 Å². The van der Waals surface area contributed by atoms with E-state index in [4.69, 9.17) is 14.2 Å². The molecule has 0 fully saturated rings. The Kier molecular flexibility index (Phi) is 7.56. The maximum Gasteiger partial charge on any atom is 0.348 e. The quantitative estimate of drug-likeness (QED) is 0.464. The molecule has 9 nitrogen and oxygen atoms in total. The van der Waals surface area contributed by atoms with E-state index in [1.807, 2.05) is 30.3 Å². The second kappa shape index (κ2) is 10.8. The van der Waals surface area contributed by atoms with Gasteiger partial charge in [0.1, 0.15) is 16.4 Å². The van der Waals surface area contributed by atoms with Gasteiger partial charge in [-0.1, -0.05) is 42.5 Å². The van der Waals surface area contributed by atoms with Crippen LogP contribution >= 0.6 is 0 Å². The number of anilines is 1. The smallest absolute Gasteiger partial charge is 0.348 e. The number of fused-ring (bicyclic) bond motifs is 1. The van der Waals surface area contributed by atoms with Crippen LogP contribution in [0.3, 0.4) is 0 Å². The number of rotatable bonds is 8. The van der Waals surface area contributed by atoms with Crippen LogP contribution in [0.1, 0.15) is 15.9 Å². The van der Waals surface area contributed by atoms with Crippen LogP contribution in [0.25, 0.3) is 0 Å². The van der Waals surface area contributed by atoms with Crippen LogP contribution in [0, 0.1) is 0 Å². The van der Waals surface area contributed by atoms with Crippen molar-refractivity contribution in [2.75, 3.05) is 32.2 Å². The highest BCUT2D eigenvalue weighted by molar-refractivity contribution is 7.89. The third kappa shape index (κ3) is 5.34. The third-order valence-corrected chi connectivity index (χ3v) is 7.21. The highest BCUT2D eigenvalue weighted by Gasteiger charge is 2.35. The molecule has 3 aromatic rings. The summed E-state index contributed by atoms with van der Waals surface area (Å²) in [5, 5.41) is 0. The van der Waals surface area contributed by atoms with Crippen molar-refractivity contribution in [1.82, 2.24) is 4.72 Å². The van der Waals surface area contributed by atoms with Crippen molar-refractivity contribution in [3.63, 3.8) is 0 Å². The van der Waals surface area contributed by atoms with Crippen molar-refractivity contribution >= 4 is 27.6 Å². The fourth-order valence-corrected chi connectivity index (χ4v) is 5.13. The van der Waals surface area contributed by atoms with Crippen molar-refractivity contribution in [3.8, 4) is 11.5 Å². The van der Waals surface area contributed by atoms with E-state index < -0.39 is 28.0 Å². The fourth-order valence-electron chi connectivity index (χ4n) is 3.91. The topological polar surface area (TPSA) is 111 Å². The minimum Gasteiger partial charge on any atom is -0.495 e. The minimum absolute atomic E-state index is 0.0913. The Bertz CT molecular complexity index is 1360. The van der Waals surface area contributed by atoms with Crippen LogP contribution in [-0.4, -0.2) is 53.7 Å². The molecule has 0 saturated carbocycles. The summed E-state index contributed by atoms with van der Waals surface area (Å²) < 4.78 is 44.6. The lowest BCUT2D eigenvalue weighted by Crippen LogP contribution is -2.47. The summed E-state index contributed by atoms with van der Waals surface area (Å²) in [5.41, 5.74) is 1.56. The number of methoxy groups -OCH3 is 2. The molecule has 0 unspecified atom stereocenters. The van der Waals surface area contributed by atoms with E-state index in [1.165, 1.54) is 37.3 Å². The van der Waals surface area contributed by atoms with Crippen molar-refractivity contribution in [2.45, 2.75) is 17.4 Å². The van der Waals surface area contributed by atoms with Gasteiger partial charge in [-0.3, -0.25) is 4.79 Å². The highest BCUT2D eigenvalue weighted by atomic mass is 32.2. The van der Waals surface area contributed by atoms with Gasteiger partial charge in [-0.05, 0) is 42.3 Å². The number of carbonyl (C=O) groups is 2. The van der Waals surface area contributed by atoms with Crippen LogP contribution in [0.5, 0.6) is 11.5 Å². The molecule has 1 aliphatic rings. The molecule has 188 valence electrons. The van der Waals surface area contributed by atoms with E-state index in [9.17, 15) is 18.0 Å². The molecule has 0 aromatic heterocycles. The Morgan fingerprint density at radius 1 is 1.03 bits per heavy atom. The highest BCUT2D eigenvalue weighted by Crippen LogP contribution is 2.35. The van der Waals surface area contributed by atoms with E-state index in [2.05, 4.69) is 4.72 Å². The number of hydrogen-bond acceptors (Lipinski definition) is 7. The molecule has 10 heteroatoms. The van der Waals surface area contributed by atoms with Crippen LogP contribution in [0.2, 0.25) is 0 Å². The number of benzene rings is 3. The Labute approximate surface area is 209 Å². The molecule has 3 aromatic carbocycles. The normalized spacial score (nSPS) is 14.9. The zero-order valence-corrected chi connectivity index (χ0v) is 20.7. The number of para-hydroxylation sites is 2. The molecule has 0 spiro atoms. The largest absolute Gasteiger partial charge is 0.495 e. The Balaban J connectivity index is 1.61. The number of nitrogens with zero attached hydrogens (tertiary/aromatic N) is 1. The molecular weight excluding hydrogens is 484 g/mol. The van der Waals surface area contributed by atoms with E-state index in [0.29, 0.717) is 17.9 Å². The standard InChI is InChI=1S/C26H26N2O7S/c1-33-22-13-12-19(16-24(22)36(31,32)27-15-14-18-8-4-3-5-9-18)25(29)28-17-23(26(30)34-2)35-21-11-7-6-10-20(21)28/h3-13,16,23,27H,14-15,17H2,1-2H3/t23-/m1/s1. The Hall–Kier alpha value is -3.89. The van der Waals surface area contributed by atoms with Crippen LogP contribution < -0.4 is 19.1 Å². The third-order valence-electron chi connectivity index (χ3n) is 5.73. The molecule has 1 heterocycles. The number of hydrogen-bond donors (Lipinski definition) is 1. The molecule has 4 rings (SSSR count). The number of sulfonamides is 1. The summed E-state index contributed by atoms with van der Waals surface area (Å²) >= 11 is 0. The first kappa shape index (κ1) is 25.2. The molecule has 36 heavy (non-hydrogen) atoms. The predicted molar refractivity (Wildman–Crippen MR) is 133 cm³/mol. The van der Waals surface area contributed by atoms with Crippen molar-refractivity contribution in [3.05, 3.63) is 83.9 Å². The average molecular weight is 511 g/mol. The lowest BCUT2D eigenvalue weighted by molar-refractivity contribution is -0.148. The summed E-state index contributed by atoms with van der Waals surface area (Å²) in [5.74, 6) is -0.670. The average Bonchev–Trinajstić information content (AvgIpc) is 2.91. The van der Waals surface area contributed by atoms with Crippen LogP contribution in [0.4, 0.5) is 5.69 Å². The van der Waals surface area contributed by atoms with Gasteiger partial charge in [0.25, 0.3) is 5.91 Å². The first-order valence-corrected chi connectivity index (χ1v) is 12.7. The molecule has 0 radical (unpaired) electrons. The zero-order valence-electron chi connectivity index (χ0n) is 19.8. The summed E-state index contributed by atoms with van der Waals surface area (Å²) in [6.07, 6.45) is -0.518. The van der Waals surface area contributed by atoms with Gasteiger partial charge in [0.2, 0.25) is 16.1 Å². The van der Waals surface area contributed by atoms with Crippen molar-refractivity contribution in [1.29, 1.82) is 0 Å². The Morgan fingerprint density at radius 3 is 2.47 bits per heavy atom. The van der Waals surface area contributed by atoms with Gasteiger partial charge in [-0.15, -0.1) is 0 Å². The second-order valence-electron chi connectivity index (χ2n) is 8.01. The fraction of sp³-hybridized carbons (Fsp3) is 0.231. The van der Waals surface area contributed by atoms with Gasteiger partial charge < -0.3 is 19.1 Å². The molecule has 1 amide bonds. The van der Waals surface area contributed by atoms with Crippen LogP contribution in [0.15, 0.2) is 77.7 Å². The van der Waals surface area contributed by atoms with E-state index >= 15 is 0 Å². The maximum absolute atomic E-state index is 13.6. The molecule has 0 aliphatic carbocycles. The van der Waals surface area contributed by atoms with Gasteiger partial charge in [-0.25, -0.2) is 17.9 Å². The number of esters is 1. The Morgan fingerprint density at radius 2 is 1.75 bits per heavy atom. The maximum atomic E-state index is 13.6. The van der Waals surface area contributed by atoms with Gasteiger partial charge in [0.05, 0.1) is 26.5 Å². The molecular formula is C26H26N2O7S. The first-order valence-electron chi connectivity index (χ1n) is 11.2. The van der Waals surface area contributed by atoms with Gasteiger partial charge in [-0.2, -0.15) is 0 Å². The summed E-state index contributed by atoms with van der Waals surface area (Å²) in [6.45, 7) is 0.0806. The first-order chi connectivity index (χ1) is 17.3. The summed E-state index contributed by atoms with van der Waals surface area (Å²) in [7, 11) is -1.39. The molecule has 0 saturated heterocycles. The van der Waals surface area contributed by atoms with Gasteiger partial charge in [0, 0.05) is 12.1 Å².